The number of imidazole rings is 1. The fourth-order valence-electron chi connectivity index (χ4n) is 2.20. The molecule has 2 N–H and O–H groups in total. The Balaban J connectivity index is 1.96. The molecule has 0 aliphatic carbocycles. The predicted molar refractivity (Wildman–Crippen MR) is 83.7 cm³/mol. The summed E-state index contributed by atoms with van der Waals surface area (Å²) < 4.78 is 16.0. The van der Waals surface area contributed by atoms with Gasteiger partial charge in [0.25, 0.3) is 0 Å². The zero-order valence-corrected chi connectivity index (χ0v) is 12.7. The maximum absolute atomic E-state index is 14.4. The van der Waals surface area contributed by atoms with Crippen LogP contribution in [0.5, 0.6) is 0 Å². The predicted octanol–water partition coefficient (Wildman–Crippen LogP) is 1.26. The Morgan fingerprint density at radius 2 is 2.35 bits per heavy atom. The molecule has 0 aliphatic heterocycles. The summed E-state index contributed by atoms with van der Waals surface area (Å²) in [4.78, 5) is 15.6. The number of hydrogen-bond donors (Lipinski definition) is 3. The number of carbonyl (C=O) groups is 1. The Bertz CT molecular complexity index is 790. The zero-order valence-electron chi connectivity index (χ0n) is 11.8. The fraction of sp³-hybridized carbons (Fsp3) is 0.143. The summed E-state index contributed by atoms with van der Waals surface area (Å²) in [7, 11) is 0. The van der Waals surface area contributed by atoms with Crippen LogP contribution in [0, 0.1) is 5.82 Å². The van der Waals surface area contributed by atoms with Crippen molar-refractivity contribution in [2.24, 2.45) is 0 Å². The van der Waals surface area contributed by atoms with Gasteiger partial charge in [0, 0.05) is 12.4 Å². The molecular formula is C14H13FN6OS. The molecule has 0 saturated heterocycles. The smallest absolute Gasteiger partial charge is 0.230 e. The van der Waals surface area contributed by atoms with Crippen molar-refractivity contribution < 1.29 is 9.18 Å². The minimum atomic E-state index is -0.611. The van der Waals surface area contributed by atoms with E-state index in [1.54, 1.807) is 29.1 Å². The molecule has 1 atom stereocenters. The fourth-order valence-corrected chi connectivity index (χ4v) is 2.29. The lowest BCUT2D eigenvalue weighted by Crippen LogP contribution is -2.30. The van der Waals surface area contributed by atoms with Crippen molar-refractivity contribution >= 4 is 18.5 Å². The second-order valence-corrected chi connectivity index (χ2v) is 5.05. The number of carbonyl (C=O) groups excluding carboxylic acids is 1. The van der Waals surface area contributed by atoms with Gasteiger partial charge in [-0.15, -0.1) is 0 Å². The number of amides is 1. The van der Waals surface area contributed by atoms with Gasteiger partial charge in [0.15, 0.2) is 0 Å². The van der Waals surface area contributed by atoms with Crippen LogP contribution in [-0.4, -0.2) is 36.6 Å². The average Bonchev–Trinajstić information content (AvgIpc) is 3.25. The third-order valence-corrected chi connectivity index (χ3v) is 3.55. The Morgan fingerprint density at radius 1 is 1.48 bits per heavy atom. The maximum atomic E-state index is 14.4. The van der Waals surface area contributed by atoms with E-state index in [-0.39, 0.29) is 11.7 Å². The molecule has 7 nitrogen and oxygen atoms in total. The molecule has 3 aromatic rings. The van der Waals surface area contributed by atoms with Crippen LogP contribution in [0.25, 0.3) is 5.69 Å². The highest BCUT2D eigenvalue weighted by Gasteiger charge is 2.20. The van der Waals surface area contributed by atoms with Crippen molar-refractivity contribution in [3.05, 3.63) is 60.2 Å². The highest BCUT2D eigenvalue weighted by Crippen LogP contribution is 2.23. The van der Waals surface area contributed by atoms with E-state index in [4.69, 9.17) is 0 Å². The van der Waals surface area contributed by atoms with E-state index < -0.39 is 11.9 Å². The molecule has 0 fully saturated rings. The molecule has 0 saturated carbocycles. The molecule has 23 heavy (non-hydrogen) atoms. The topological polar surface area (TPSA) is 88.5 Å². The van der Waals surface area contributed by atoms with E-state index >= 15 is 0 Å². The van der Waals surface area contributed by atoms with Crippen LogP contribution < -0.4 is 5.32 Å². The van der Waals surface area contributed by atoms with Gasteiger partial charge in [-0.1, -0.05) is 6.07 Å². The monoisotopic (exact) mass is 332 g/mol. The SMILES string of the molecule is O=C(CS)NC(c1ccc(-n2ccnc2)c(F)c1)c1cn[nH]n1. The van der Waals surface area contributed by atoms with E-state index in [9.17, 15) is 9.18 Å². The number of halogens is 1. The van der Waals surface area contributed by atoms with Gasteiger partial charge in [0.05, 0.1) is 24.0 Å². The highest BCUT2D eigenvalue weighted by atomic mass is 32.1. The normalized spacial score (nSPS) is 12.1. The summed E-state index contributed by atoms with van der Waals surface area (Å²) in [5.41, 5.74) is 1.40. The van der Waals surface area contributed by atoms with Gasteiger partial charge >= 0.3 is 0 Å². The molecular weight excluding hydrogens is 319 g/mol. The minimum absolute atomic E-state index is 0.0178. The number of thiol groups is 1. The van der Waals surface area contributed by atoms with Crippen LogP contribution in [-0.2, 0) is 4.79 Å². The van der Waals surface area contributed by atoms with E-state index in [2.05, 4.69) is 38.3 Å². The van der Waals surface area contributed by atoms with Crippen LogP contribution in [0.15, 0.2) is 43.1 Å². The van der Waals surface area contributed by atoms with E-state index in [0.717, 1.165) is 0 Å². The van der Waals surface area contributed by atoms with Gasteiger partial charge in [-0.3, -0.25) is 4.79 Å². The van der Waals surface area contributed by atoms with Crippen LogP contribution in [0.1, 0.15) is 17.3 Å². The molecule has 118 valence electrons. The molecule has 0 aliphatic rings. The minimum Gasteiger partial charge on any atom is -0.343 e. The average molecular weight is 332 g/mol. The summed E-state index contributed by atoms with van der Waals surface area (Å²) >= 11 is 3.94. The molecule has 2 heterocycles. The Hall–Kier alpha value is -2.68. The summed E-state index contributed by atoms with van der Waals surface area (Å²) in [6.45, 7) is 0. The molecule has 0 radical (unpaired) electrons. The number of benzene rings is 1. The number of nitrogens with one attached hydrogen (secondary N) is 2. The molecule has 1 amide bonds. The third kappa shape index (κ3) is 3.24. The first-order chi connectivity index (χ1) is 11.2. The highest BCUT2D eigenvalue weighted by molar-refractivity contribution is 7.81. The lowest BCUT2D eigenvalue weighted by molar-refractivity contribution is -0.119. The largest absolute Gasteiger partial charge is 0.343 e. The summed E-state index contributed by atoms with van der Waals surface area (Å²) in [6, 6.07) is 4.08. The van der Waals surface area contributed by atoms with Crippen molar-refractivity contribution in [3.8, 4) is 5.69 Å². The Kier molecular flexibility index (Phi) is 4.38. The second-order valence-electron chi connectivity index (χ2n) is 4.73. The summed E-state index contributed by atoms with van der Waals surface area (Å²) in [5, 5.41) is 12.9. The summed E-state index contributed by atoms with van der Waals surface area (Å²) in [5.74, 6) is -0.709. The van der Waals surface area contributed by atoms with Gasteiger partial charge in [0.2, 0.25) is 5.91 Å². The maximum Gasteiger partial charge on any atom is 0.230 e. The number of aromatic nitrogens is 5. The van der Waals surface area contributed by atoms with E-state index in [1.807, 2.05) is 0 Å². The van der Waals surface area contributed by atoms with Gasteiger partial charge in [-0.05, 0) is 17.7 Å². The lowest BCUT2D eigenvalue weighted by Gasteiger charge is -2.17. The van der Waals surface area contributed by atoms with Gasteiger partial charge in [0.1, 0.15) is 17.6 Å². The number of rotatable bonds is 5. The number of hydrogen-bond acceptors (Lipinski definition) is 5. The van der Waals surface area contributed by atoms with Gasteiger partial charge in [-0.25, -0.2) is 9.37 Å². The number of H-pyrrole nitrogens is 1. The first-order valence-corrected chi connectivity index (χ1v) is 7.36. The molecule has 1 aromatic carbocycles. The molecule has 2 aromatic heterocycles. The summed E-state index contributed by atoms with van der Waals surface area (Å²) in [6.07, 6.45) is 6.20. The first kappa shape index (κ1) is 15.2. The van der Waals surface area contributed by atoms with Crippen LogP contribution in [0.4, 0.5) is 4.39 Å². The number of aromatic amines is 1. The standard InChI is InChI=1S/C14H13FN6OS/c15-10-5-9(1-2-12(10)21-4-3-16-8-21)14(18-13(22)7-23)11-6-17-20-19-11/h1-6,8,14,23H,7H2,(H,18,22)(H,17,19,20). The van der Waals surface area contributed by atoms with Gasteiger partial charge < -0.3 is 9.88 Å². The van der Waals surface area contributed by atoms with Crippen molar-refractivity contribution in [1.82, 2.24) is 30.3 Å². The zero-order chi connectivity index (χ0) is 16.2. The van der Waals surface area contributed by atoms with Crippen LogP contribution >= 0.6 is 12.6 Å². The molecule has 9 heteroatoms. The first-order valence-electron chi connectivity index (χ1n) is 6.72. The quantitative estimate of drug-likeness (QED) is 0.614. The van der Waals surface area contributed by atoms with Gasteiger partial charge in [-0.2, -0.15) is 28.0 Å². The van der Waals surface area contributed by atoms with Crippen molar-refractivity contribution in [2.75, 3.05) is 5.75 Å². The number of nitrogens with zero attached hydrogens (tertiary/aromatic N) is 4. The third-order valence-electron chi connectivity index (χ3n) is 3.27. The molecule has 3 rings (SSSR count). The van der Waals surface area contributed by atoms with Crippen LogP contribution in [0.3, 0.4) is 0 Å². The van der Waals surface area contributed by atoms with Crippen LogP contribution in [0.2, 0.25) is 0 Å². The van der Waals surface area contributed by atoms with E-state index in [0.29, 0.717) is 16.9 Å². The molecule has 0 bridgehead atoms. The van der Waals surface area contributed by atoms with Crippen molar-refractivity contribution in [3.63, 3.8) is 0 Å². The lowest BCUT2D eigenvalue weighted by atomic mass is 10.0. The molecule has 1 unspecified atom stereocenters. The second kappa shape index (κ2) is 6.61. The van der Waals surface area contributed by atoms with Crippen molar-refractivity contribution in [1.29, 1.82) is 0 Å². The Labute approximate surface area is 136 Å². The van der Waals surface area contributed by atoms with E-state index in [1.165, 1.54) is 18.6 Å². The molecule has 0 spiro atoms. The van der Waals surface area contributed by atoms with Crippen molar-refractivity contribution in [2.45, 2.75) is 6.04 Å². The Morgan fingerprint density at radius 3 is 2.96 bits per heavy atom.